The standard InChI is InChI=1S/C72H78O31/c73-31-43-48(78)53(83)58(95-63(84)38-21-9-2-10-22-38)69(91-43)100-55-50(80)45(33-75)93-71(60(55)97-65(86)40-25-13-4-14-26-40)102-57-52(82)47(35-77)94-72(62(57)99-67(88)42-29-17-6-18-30-42)103-56-51(81)46(34-76)92-70(61(56)98-66(87)41-27-15-5-16-28-41)101-54-49(79)44(32-74)90-68(89-36-37-19-7-1-8-20-37)59(54)96-64(85)39-23-11-3-12-24-39/h1-30,43-62,68-83H,31-36H2/t43?,44?,45?,46?,47?,48-,49-,50-,51-,52-,53+,54+,55+,56+,57+,58?,59?,60?,61?,62?,68-,69+,70+,71+,72+/m1/s1. The number of hydrogen-bond acceptors (Lipinski definition) is 31. The average Bonchev–Trinajstić information content (AvgIpc) is 0.762. The summed E-state index contributed by atoms with van der Waals surface area (Å²) in [6, 6.07) is 45.1. The van der Waals surface area contributed by atoms with Gasteiger partial charge in [0.15, 0.2) is 62.0 Å². The quantitative estimate of drug-likeness (QED) is 0.0244. The van der Waals surface area contributed by atoms with Gasteiger partial charge < -0.3 is 127 Å². The summed E-state index contributed by atoms with van der Waals surface area (Å²) in [5.41, 5.74) is 0.121. The summed E-state index contributed by atoms with van der Waals surface area (Å²) < 4.78 is 93.3. The van der Waals surface area contributed by atoms with E-state index < -0.39 is 216 Å². The number of carbonyl (C=O) groups excluding carboxylic acids is 5. The van der Waals surface area contributed by atoms with Crippen molar-refractivity contribution in [3.63, 3.8) is 0 Å². The molecule has 0 aromatic heterocycles. The van der Waals surface area contributed by atoms with Crippen LogP contribution in [0.3, 0.4) is 0 Å². The highest BCUT2D eigenvalue weighted by Crippen LogP contribution is 2.40. The Kier molecular flexibility index (Phi) is 26.2. The molecular formula is C72H78O31. The molecule has 5 aliphatic rings. The van der Waals surface area contributed by atoms with E-state index in [1.165, 1.54) is 109 Å². The van der Waals surface area contributed by atoms with Crippen LogP contribution in [0.2, 0.25) is 0 Å². The number of aliphatic hydroxyl groups is 11. The third-order valence-electron chi connectivity index (χ3n) is 17.7. The van der Waals surface area contributed by atoms with Crippen LogP contribution in [0.25, 0.3) is 0 Å². The number of hydrogen-bond donors (Lipinski definition) is 11. The third-order valence-corrected chi connectivity index (χ3v) is 17.7. The lowest BCUT2D eigenvalue weighted by atomic mass is 9.94. The van der Waals surface area contributed by atoms with Crippen molar-refractivity contribution in [1.29, 1.82) is 0 Å². The van der Waals surface area contributed by atoms with Gasteiger partial charge in [0.2, 0.25) is 0 Å². The van der Waals surface area contributed by atoms with E-state index in [2.05, 4.69) is 0 Å². The highest BCUT2D eigenvalue weighted by atomic mass is 16.8. The molecule has 0 saturated carbocycles. The second-order valence-electron chi connectivity index (χ2n) is 24.5. The number of carbonyl (C=O) groups is 5. The lowest BCUT2D eigenvalue weighted by molar-refractivity contribution is -0.394. The van der Waals surface area contributed by atoms with Crippen molar-refractivity contribution in [1.82, 2.24) is 0 Å². The van der Waals surface area contributed by atoms with E-state index in [0.29, 0.717) is 5.56 Å². The van der Waals surface area contributed by atoms with Crippen molar-refractivity contribution in [2.75, 3.05) is 33.0 Å². The molecule has 0 amide bonds. The first-order valence-electron chi connectivity index (χ1n) is 32.9. The fraction of sp³-hybridized carbons (Fsp3) is 0.431. The Morgan fingerprint density at radius 1 is 0.262 bits per heavy atom. The maximum atomic E-state index is 14.7. The Morgan fingerprint density at radius 2 is 0.476 bits per heavy atom. The molecule has 5 saturated heterocycles. The molecule has 552 valence electrons. The van der Waals surface area contributed by atoms with E-state index in [0.717, 1.165) is 0 Å². The highest BCUT2D eigenvalue weighted by molar-refractivity contribution is 5.91. The van der Waals surface area contributed by atoms with Crippen LogP contribution in [0.1, 0.15) is 57.4 Å². The van der Waals surface area contributed by atoms with Crippen molar-refractivity contribution < 1.29 is 151 Å². The minimum absolute atomic E-state index is 0.00837. The zero-order valence-corrected chi connectivity index (χ0v) is 54.6. The van der Waals surface area contributed by atoms with Crippen LogP contribution in [0, 0.1) is 0 Å². The molecule has 31 heteroatoms. The first-order valence-corrected chi connectivity index (χ1v) is 32.9. The molecule has 0 radical (unpaired) electrons. The molecule has 0 bridgehead atoms. The van der Waals surface area contributed by atoms with Crippen LogP contribution in [0.4, 0.5) is 0 Å². The molecule has 103 heavy (non-hydrogen) atoms. The van der Waals surface area contributed by atoms with E-state index in [9.17, 15) is 80.1 Å². The zero-order valence-electron chi connectivity index (χ0n) is 54.6. The van der Waals surface area contributed by atoms with E-state index in [4.69, 9.17) is 71.1 Å². The van der Waals surface area contributed by atoms with Crippen LogP contribution in [-0.2, 0) is 77.7 Å². The van der Waals surface area contributed by atoms with Crippen molar-refractivity contribution >= 4 is 29.8 Å². The van der Waals surface area contributed by atoms with Gasteiger partial charge in [-0.05, 0) is 66.2 Å². The number of aliphatic hydroxyl groups excluding tert-OH is 11. The summed E-state index contributed by atoms with van der Waals surface area (Å²) >= 11 is 0. The Bertz CT molecular complexity index is 3670. The van der Waals surface area contributed by atoms with Crippen LogP contribution in [0.15, 0.2) is 182 Å². The summed E-state index contributed by atoms with van der Waals surface area (Å²) in [7, 11) is 0. The van der Waals surface area contributed by atoms with E-state index >= 15 is 0 Å². The Hall–Kier alpha value is -8.17. The summed E-state index contributed by atoms with van der Waals surface area (Å²) in [5.74, 6) is -5.64. The highest BCUT2D eigenvalue weighted by Gasteiger charge is 2.61. The fourth-order valence-corrected chi connectivity index (χ4v) is 12.2. The van der Waals surface area contributed by atoms with Crippen molar-refractivity contribution in [2.45, 2.75) is 160 Å². The largest absolute Gasteiger partial charge is 0.450 e. The van der Waals surface area contributed by atoms with Crippen LogP contribution >= 0.6 is 0 Å². The Morgan fingerprint density at radius 3 is 0.738 bits per heavy atom. The lowest BCUT2D eigenvalue weighted by Crippen LogP contribution is -2.69. The van der Waals surface area contributed by atoms with Crippen molar-refractivity contribution in [3.8, 4) is 0 Å². The average molecular weight is 1440 g/mol. The second-order valence-corrected chi connectivity index (χ2v) is 24.5. The normalized spacial score (nSPS) is 33.7. The SMILES string of the molecule is O=C(OC1[C@H](O[C@@H]2C(OC(=O)c3ccccc3)[C@H](O[C@@H]3C(OC(=O)c4ccccc4)[C@H](O[C@@H]4C(OC(=O)c5ccccc5)[C@H](O[C@@H]5C(OC(=O)c6ccccc6)[C@H](OCc6ccccc6)OC(CO)[C@H]5O)OC(CO)[C@H]4O)OC(CO)[C@H]3O)OC(CO)[C@H]2O)OC(CO)[C@@H](O)[C@@H]1O)c1ccccc1. The topological polar surface area (TPSA) is 446 Å². The molecule has 5 fully saturated rings. The number of benzene rings is 6. The summed E-state index contributed by atoms with van der Waals surface area (Å²) in [6.45, 7) is -5.46. The van der Waals surface area contributed by atoms with E-state index in [1.54, 1.807) is 72.8 Å². The van der Waals surface area contributed by atoms with Gasteiger partial charge in [0, 0.05) is 0 Å². The maximum absolute atomic E-state index is 14.7. The zero-order chi connectivity index (χ0) is 72.8. The molecule has 0 spiro atoms. The van der Waals surface area contributed by atoms with Crippen molar-refractivity contribution in [3.05, 3.63) is 215 Å². The molecule has 6 aromatic carbocycles. The molecule has 10 unspecified atom stereocenters. The van der Waals surface area contributed by atoms with Crippen LogP contribution in [0.5, 0.6) is 0 Å². The predicted molar refractivity (Wildman–Crippen MR) is 344 cm³/mol. The van der Waals surface area contributed by atoms with Crippen molar-refractivity contribution in [2.24, 2.45) is 0 Å². The third kappa shape index (κ3) is 17.8. The Balaban J connectivity index is 0.989. The smallest absolute Gasteiger partial charge is 0.338 e. The lowest BCUT2D eigenvalue weighted by Gasteiger charge is -2.51. The molecule has 31 nitrogen and oxygen atoms in total. The molecule has 11 N–H and O–H groups in total. The minimum Gasteiger partial charge on any atom is -0.450 e. The Labute approximate surface area is 587 Å². The number of esters is 5. The van der Waals surface area contributed by atoms with Gasteiger partial charge >= 0.3 is 29.8 Å². The first-order chi connectivity index (χ1) is 49.9. The summed E-state index contributed by atoms with van der Waals surface area (Å²) in [6.07, 6.45) is -51.2. The van der Waals surface area contributed by atoms with Gasteiger partial charge in [-0.3, -0.25) is 0 Å². The summed E-state index contributed by atoms with van der Waals surface area (Å²) in [5, 5.41) is 127. The minimum atomic E-state index is -2.32. The molecule has 5 aliphatic heterocycles. The fourth-order valence-electron chi connectivity index (χ4n) is 12.2. The monoisotopic (exact) mass is 1440 g/mol. The van der Waals surface area contributed by atoms with Gasteiger partial charge in [-0.15, -0.1) is 0 Å². The van der Waals surface area contributed by atoms with E-state index in [-0.39, 0.29) is 34.4 Å². The van der Waals surface area contributed by atoms with Gasteiger partial charge in [-0.2, -0.15) is 0 Å². The molecular weight excluding hydrogens is 1360 g/mol. The summed E-state index contributed by atoms with van der Waals surface area (Å²) in [4.78, 5) is 71.5. The number of ether oxygens (including phenoxy) is 15. The maximum Gasteiger partial charge on any atom is 0.338 e. The van der Waals surface area contributed by atoms with Crippen LogP contribution in [-0.4, -0.2) is 273 Å². The molecule has 5 heterocycles. The van der Waals surface area contributed by atoms with Gasteiger partial charge in [0.25, 0.3) is 0 Å². The second kappa shape index (κ2) is 35.5. The molecule has 6 aromatic rings. The molecule has 25 atom stereocenters. The van der Waals surface area contributed by atoms with Gasteiger partial charge in [0.05, 0.1) is 67.5 Å². The molecule has 0 aliphatic carbocycles. The van der Waals surface area contributed by atoms with Gasteiger partial charge in [0.1, 0.15) is 91.6 Å². The van der Waals surface area contributed by atoms with E-state index in [1.807, 2.05) is 0 Å². The van der Waals surface area contributed by atoms with Gasteiger partial charge in [-0.1, -0.05) is 121 Å². The van der Waals surface area contributed by atoms with Crippen LogP contribution < -0.4 is 0 Å². The number of rotatable bonds is 26. The van der Waals surface area contributed by atoms with Gasteiger partial charge in [-0.25, -0.2) is 24.0 Å². The predicted octanol–water partition coefficient (Wildman–Crippen LogP) is -0.377. The first kappa shape index (κ1) is 76.0. The molecule has 11 rings (SSSR count).